The lowest BCUT2D eigenvalue weighted by Gasteiger charge is -2.19. The molecule has 0 saturated heterocycles. The van der Waals surface area contributed by atoms with E-state index >= 15 is 0 Å². The van der Waals surface area contributed by atoms with Gasteiger partial charge < -0.3 is 4.90 Å². The Bertz CT molecular complexity index is 911. The quantitative estimate of drug-likeness (QED) is 0.680. The van der Waals surface area contributed by atoms with Crippen molar-refractivity contribution in [3.63, 3.8) is 0 Å². The SMILES string of the molecule is CCN(CC)C(=O)c1cc(-c2ccccc2F)nn1-c1ccc(C)cc1. The third-order valence-electron chi connectivity index (χ3n) is 4.41. The van der Waals surface area contributed by atoms with Crippen LogP contribution in [0.5, 0.6) is 0 Å². The lowest BCUT2D eigenvalue weighted by Crippen LogP contribution is -2.32. The predicted octanol–water partition coefficient (Wildman–Crippen LogP) is 4.47. The molecule has 0 N–H and O–H groups in total. The van der Waals surface area contributed by atoms with Crippen LogP contribution >= 0.6 is 0 Å². The van der Waals surface area contributed by atoms with E-state index in [2.05, 4.69) is 5.10 Å². The molecule has 4 nitrogen and oxygen atoms in total. The summed E-state index contributed by atoms with van der Waals surface area (Å²) in [7, 11) is 0. The topological polar surface area (TPSA) is 38.1 Å². The van der Waals surface area contributed by atoms with Crippen molar-refractivity contribution in [2.75, 3.05) is 13.1 Å². The van der Waals surface area contributed by atoms with Gasteiger partial charge in [-0.15, -0.1) is 0 Å². The van der Waals surface area contributed by atoms with Gasteiger partial charge in [0.05, 0.1) is 11.4 Å². The van der Waals surface area contributed by atoms with Gasteiger partial charge in [0.2, 0.25) is 0 Å². The van der Waals surface area contributed by atoms with Crippen LogP contribution in [0.1, 0.15) is 29.9 Å². The Hall–Kier alpha value is -2.95. The number of hydrogen-bond donors (Lipinski definition) is 0. The van der Waals surface area contributed by atoms with Gasteiger partial charge >= 0.3 is 0 Å². The van der Waals surface area contributed by atoms with Crippen LogP contribution < -0.4 is 0 Å². The van der Waals surface area contributed by atoms with Crippen molar-refractivity contribution in [3.8, 4) is 16.9 Å². The minimum atomic E-state index is -0.358. The van der Waals surface area contributed by atoms with E-state index in [1.165, 1.54) is 6.07 Å². The molecule has 0 fully saturated rings. The number of carbonyl (C=O) groups excluding carboxylic acids is 1. The molecule has 26 heavy (non-hydrogen) atoms. The number of aromatic nitrogens is 2. The molecular weight excluding hydrogens is 329 g/mol. The van der Waals surface area contributed by atoms with E-state index < -0.39 is 0 Å². The number of amides is 1. The lowest BCUT2D eigenvalue weighted by atomic mass is 10.1. The molecule has 0 spiro atoms. The van der Waals surface area contributed by atoms with Crippen LogP contribution in [0.4, 0.5) is 4.39 Å². The molecule has 0 radical (unpaired) electrons. The molecule has 1 amide bonds. The van der Waals surface area contributed by atoms with E-state index in [1.54, 1.807) is 33.8 Å². The summed E-state index contributed by atoms with van der Waals surface area (Å²) in [6.45, 7) is 7.07. The van der Waals surface area contributed by atoms with Crippen molar-refractivity contribution in [1.29, 1.82) is 0 Å². The highest BCUT2D eigenvalue weighted by Gasteiger charge is 2.22. The van der Waals surface area contributed by atoms with Crippen molar-refractivity contribution >= 4 is 5.91 Å². The van der Waals surface area contributed by atoms with Crippen LogP contribution in [0.2, 0.25) is 0 Å². The standard InChI is InChI=1S/C21H22FN3O/c1-4-24(5-2)21(26)20-14-19(17-8-6-7-9-18(17)22)23-25(20)16-12-10-15(3)11-13-16/h6-14H,4-5H2,1-3H3. The normalized spacial score (nSPS) is 10.8. The second-order valence-corrected chi connectivity index (χ2v) is 6.12. The van der Waals surface area contributed by atoms with Crippen LogP contribution in [0.3, 0.4) is 0 Å². The third-order valence-corrected chi connectivity index (χ3v) is 4.41. The Morgan fingerprint density at radius 2 is 1.73 bits per heavy atom. The molecule has 1 aromatic heterocycles. The maximum atomic E-state index is 14.2. The highest BCUT2D eigenvalue weighted by molar-refractivity contribution is 5.94. The highest BCUT2D eigenvalue weighted by atomic mass is 19.1. The molecule has 2 aromatic carbocycles. The molecule has 0 bridgehead atoms. The predicted molar refractivity (Wildman–Crippen MR) is 101 cm³/mol. The van der Waals surface area contributed by atoms with Gasteiger partial charge in [0.1, 0.15) is 11.5 Å². The summed E-state index contributed by atoms with van der Waals surface area (Å²) < 4.78 is 15.8. The number of benzene rings is 2. The number of aryl methyl sites for hydroxylation is 1. The fraction of sp³-hybridized carbons (Fsp3) is 0.238. The second-order valence-electron chi connectivity index (χ2n) is 6.12. The summed E-state index contributed by atoms with van der Waals surface area (Å²) in [6.07, 6.45) is 0. The molecule has 0 aliphatic carbocycles. The number of rotatable bonds is 5. The molecule has 3 aromatic rings. The summed E-state index contributed by atoms with van der Waals surface area (Å²) in [6, 6.07) is 15.9. The molecule has 3 rings (SSSR count). The van der Waals surface area contributed by atoms with Crippen molar-refractivity contribution in [2.45, 2.75) is 20.8 Å². The fourth-order valence-electron chi connectivity index (χ4n) is 2.89. The molecule has 0 aliphatic heterocycles. The van der Waals surface area contributed by atoms with Gasteiger partial charge in [0.15, 0.2) is 0 Å². The molecule has 134 valence electrons. The van der Waals surface area contributed by atoms with Crippen molar-refractivity contribution in [1.82, 2.24) is 14.7 Å². The van der Waals surface area contributed by atoms with Gasteiger partial charge in [-0.25, -0.2) is 9.07 Å². The third kappa shape index (κ3) is 3.38. The molecule has 0 saturated carbocycles. The minimum absolute atomic E-state index is 0.120. The van der Waals surface area contributed by atoms with Gasteiger partial charge in [-0.05, 0) is 51.1 Å². The summed E-state index contributed by atoms with van der Waals surface area (Å²) in [5.41, 5.74) is 3.14. The Balaban J connectivity index is 2.16. The van der Waals surface area contributed by atoms with E-state index in [4.69, 9.17) is 0 Å². The van der Waals surface area contributed by atoms with E-state index in [-0.39, 0.29) is 11.7 Å². The van der Waals surface area contributed by atoms with Gasteiger partial charge in [0, 0.05) is 18.7 Å². The Morgan fingerprint density at radius 1 is 1.08 bits per heavy atom. The van der Waals surface area contributed by atoms with Crippen LogP contribution in [-0.4, -0.2) is 33.7 Å². The van der Waals surface area contributed by atoms with Gasteiger partial charge in [-0.3, -0.25) is 4.79 Å². The van der Waals surface area contributed by atoms with E-state index in [0.717, 1.165) is 11.3 Å². The smallest absolute Gasteiger partial charge is 0.272 e. The van der Waals surface area contributed by atoms with Crippen LogP contribution in [0.15, 0.2) is 54.6 Å². The zero-order valence-electron chi connectivity index (χ0n) is 15.2. The molecule has 1 heterocycles. The van der Waals surface area contributed by atoms with E-state index in [1.807, 2.05) is 45.0 Å². The van der Waals surface area contributed by atoms with E-state index in [9.17, 15) is 9.18 Å². The average molecular weight is 351 g/mol. The van der Waals surface area contributed by atoms with Crippen LogP contribution in [0, 0.1) is 12.7 Å². The largest absolute Gasteiger partial charge is 0.338 e. The molecule has 0 unspecified atom stereocenters. The Labute approximate surface area is 152 Å². The maximum absolute atomic E-state index is 14.2. The van der Waals surface area contributed by atoms with Gasteiger partial charge in [-0.1, -0.05) is 29.8 Å². The molecule has 0 atom stereocenters. The van der Waals surface area contributed by atoms with Gasteiger partial charge in [-0.2, -0.15) is 5.10 Å². The van der Waals surface area contributed by atoms with Crippen LogP contribution in [-0.2, 0) is 0 Å². The summed E-state index contributed by atoms with van der Waals surface area (Å²) in [5, 5.41) is 4.54. The Kier molecular flexibility index (Phi) is 5.16. The van der Waals surface area contributed by atoms with Gasteiger partial charge in [0.25, 0.3) is 5.91 Å². The van der Waals surface area contributed by atoms with E-state index in [0.29, 0.717) is 30.0 Å². The Morgan fingerprint density at radius 3 is 2.35 bits per heavy atom. The first kappa shape index (κ1) is 17.9. The highest BCUT2D eigenvalue weighted by Crippen LogP contribution is 2.25. The summed E-state index contributed by atoms with van der Waals surface area (Å²) in [4.78, 5) is 14.7. The number of carbonyl (C=O) groups is 1. The van der Waals surface area contributed by atoms with Crippen molar-refractivity contribution < 1.29 is 9.18 Å². The molecule has 5 heteroatoms. The maximum Gasteiger partial charge on any atom is 0.272 e. The number of hydrogen-bond acceptors (Lipinski definition) is 2. The van der Waals surface area contributed by atoms with Crippen molar-refractivity contribution in [3.05, 3.63) is 71.7 Å². The second kappa shape index (κ2) is 7.52. The zero-order valence-corrected chi connectivity index (χ0v) is 15.2. The number of nitrogens with zero attached hydrogens (tertiary/aromatic N) is 3. The molecule has 0 aliphatic rings. The summed E-state index contributed by atoms with van der Waals surface area (Å²) in [5.74, 6) is -0.478. The first-order valence-electron chi connectivity index (χ1n) is 8.76. The van der Waals surface area contributed by atoms with Crippen LogP contribution in [0.25, 0.3) is 16.9 Å². The first-order chi connectivity index (χ1) is 12.5. The first-order valence-corrected chi connectivity index (χ1v) is 8.76. The lowest BCUT2D eigenvalue weighted by molar-refractivity contribution is 0.0764. The average Bonchev–Trinajstić information content (AvgIpc) is 3.08. The zero-order chi connectivity index (χ0) is 18.7. The monoisotopic (exact) mass is 351 g/mol. The minimum Gasteiger partial charge on any atom is -0.338 e. The van der Waals surface area contributed by atoms with Crippen molar-refractivity contribution in [2.24, 2.45) is 0 Å². The molecular formula is C21H22FN3O. The number of halogens is 1. The summed E-state index contributed by atoms with van der Waals surface area (Å²) >= 11 is 0. The fourth-order valence-corrected chi connectivity index (χ4v) is 2.89.